The largest absolute Gasteiger partial charge is 0.507 e. The lowest BCUT2D eigenvalue weighted by Crippen LogP contribution is -2.40. The van der Waals surface area contributed by atoms with E-state index < -0.39 is 21.9 Å². The van der Waals surface area contributed by atoms with Crippen LogP contribution in [0.4, 0.5) is 0 Å². The second-order valence-corrected chi connectivity index (χ2v) is 12.6. The van der Waals surface area contributed by atoms with Gasteiger partial charge < -0.3 is 14.7 Å². The third-order valence-corrected chi connectivity index (χ3v) is 9.28. The van der Waals surface area contributed by atoms with Gasteiger partial charge in [0.05, 0.1) is 17.5 Å². The molecule has 0 saturated carbocycles. The van der Waals surface area contributed by atoms with E-state index in [0.29, 0.717) is 46.9 Å². The van der Waals surface area contributed by atoms with E-state index in [-0.39, 0.29) is 23.2 Å². The number of H-pyrrole nitrogens is 1. The second-order valence-electron chi connectivity index (χ2n) is 10.4. The lowest BCUT2D eigenvalue weighted by atomic mass is 9.93. The van der Waals surface area contributed by atoms with Gasteiger partial charge in [0, 0.05) is 17.2 Å². The first kappa shape index (κ1) is 25.2. The van der Waals surface area contributed by atoms with E-state index in [2.05, 4.69) is 10.2 Å². The van der Waals surface area contributed by atoms with Gasteiger partial charge in [-0.25, -0.2) is 8.42 Å². The van der Waals surface area contributed by atoms with Crippen LogP contribution in [0.25, 0.3) is 11.3 Å². The molecule has 3 aromatic carbocycles. The molecule has 4 aromatic rings. The number of aromatic hydroxyl groups is 1. The number of amides is 1. The molecule has 8 nitrogen and oxygen atoms in total. The average Bonchev–Trinajstić information content (AvgIpc) is 3.58. The number of phenolic OH excluding ortho intramolecular Hbond substituents is 1. The third-order valence-electron chi connectivity index (χ3n) is 7.53. The number of benzene rings is 3. The van der Waals surface area contributed by atoms with Crippen molar-refractivity contribution in [3.05, 3.63) is 100 Å². The number of nitrogens with one attached hydrogen (secondary N) is 1. The highest BCUT2D eigenvalue weighted by molar-refractivity contribution is 7.91. The Bertz CT molecular complexity index is 1680. The van der Waals surface area contributed by atoms with Crippen LogP contribution in [0.15, 0.2) is 66.7 Å². The molecule has 1 saturated heterocycles. The molecule has 9 heteroatoms. The summed E-state index contributed by atoms with van der Waals surface area (Å²) < 4.78 is 30.9. The molecule has 2 aliphatic heterocycles. The number of rotatable bonds is 6. The molecule has 0 radical (unpaired) electrons. The fourth-order valence-corrected chi connectivity index (χ4v) is 7.44. The maximum atomic E-state index is 13.8. The Morgan fingerprint density at radius 1 is 1.08 bits per heavy atom. The first-order valence-corrected chi connectivity index (χ1v) is 14.7. The topological polar surface area (TPSA) is 113 Å². The fraction of sp³-hybridized carbons (Fsp3) is 0.267. The van der Waals surface area contributed by atoms with Crippen molar-refractivity contribution in [2.75, 3.05) is 11.5 Å². The Morgan fingerprint density at radius 3 is 2.62 bits per heavy atom. The number of hydrogen-bond acceptors (Lipinski definition) is 6. The number of fused-ring (bicyclic) bond motifs is 1. The lowest BCUT2D eigenvalue weighted by Gasteiger charge is -2.31. The van der Waals surface area contributed by atoms with E-state index in [1.54, 1.807) is 4.90 Å². The summed E-state index contributed by atoms with van der Waals surface area (Å²) >= 11 is 0. The normalized spacial score (nSPS) is 19.8. The van der Waals surface area contributed by atoms with Gasteiger partial charge in [-0.3, -0.25) is 9.89 Å². The van der Waals surface area contributed by atoms with Gasteiger partial charge in [0.15, 0.2) is 9.84 Å². The van der Waals surface area contributed by atoms with Crippen molar-refractivity contribution < 1.29 is 23.1 Å². The van der Waals surface area contributed by atoms with Crippen LogP contribution in [0, 0.1) is 13.8 Å². The Hall–Kier alpha value is -4.11. The SMILES string of the molecule is Cc1cc(C)c(O)c(-c2n[nH]c3c2C(c2cccc(OCc4ccccc4)c2)N(C2CCS(=O)(=O)C2)C3=O)c1. The number of hydrogen-bond donors (Lipinski definition) is 2. The van der Waals surface area contributed by atoms with Crippen molar-refractivity contribution in [1.29, 1.82) is 0 Å². The molecule has 3 heterocycles. The molecule has 2 aliphatic rings. The number of phenols is 1. The number of aromatic amines is 1. The highest BCUT2D eigenvalue weighted by Crippen LogP contribution is 2.47. The van der Waals surface area contributed by atoms with Gasteiger partial charge in [-0.15, -0.1) is 0 Å². The van der Waals surface area contributed by atoms with E-state index in [9.17, 15) is 18.3 Å². The number of aryl methyl sites for hydroxylation is 2. The minimum Gasteiger partial charge on any atom is -0.507 e. The molecular formula is C30H29N3O5S. The first-order valence-electron chi connectivity index (χ1n) is 12.9. The summed E-state index contributed by atoms with van der Waals surface area (Å²) in [5.41, 5.74) is 5.42. The maximum absolute atomic E-state index is 13.8. The van der Waals surface area contributed by atoms with Crippen LogP contribution in [0.3, 0.4) is 0 Å². The van der Waals surface area contributed by atoms with E-state index in [4.69, 9.17) is 4.74 Å². The van der Waals surface area contributed by atoms with Crippen molar-refractivity contribution in [1.82, 2.24) is 15.1 Å². The summed E-state index contributed by atoms with van der Waals surface area (Å²) in [6.45, 7) is 4.15. The zero-order valence-corrected chi connectivity index (χ0v) is 22.5. The van der Waals surface area contributed by atoms with Crippen molar-refractivity contribution >= 4 is 15.7 Å². The van der Waals surface area contributed by atoms with Gasteiger partial charge >= 0.3 is 0 Å². The summed E-state index contributed by atoms with van der Waals surface area (Å²) in [4.78, 5) is 15.5. The van der Waals surface area contributed by atoms with Crippen molar-refractivity contribution in [2.45, 2.75) is 39.0 Å². The van der Waals surface area contributed by atoms with Crippen molar-refractivity contribution in [3.63, 3.8) is 0 Å². The zero-order valence-electron chi connectivity index (χ0n) is 21.7. The average molecular weight is 544 g/mol. The van der Waals surface area contributed by atoms with Gasteiger partial charge in [0.25, 0.3) is 5.91 Å². The number of aromatic nitrogens is 2. The third kappa shape index (κ3) is 4.57. The second kappa shape index (κ2) is 9.57. The van der Waals surface area contributed by atoms with E-state index in [0.717, 1.165) is 16.7 Å². The van der Waals surface area contributed by atoms with Crippen LogP contribution in [0.1, 0.15) is 50.8 Å². The Kier molecular flexibility index (Phi) is 6.18. The number of sulfone groups is 1. The summed E-state index contributed by atoms with van der Waals surface area (Å²) in [5, 5.41) is 18.4. The summed E-state index contributed by atoms with van der Waals surface area (Å²) in [5.74, 6) is 0.404. The molecule has 0 spiro atoms. The van der Waals surface area contributed by atoms with Crippen LogP contribution < -0.4 is 4.74 Å². The van der Waals surface area contributed by atoms with Crippen molar-refractivity contribution in [2.24, 2.45) is 0 Å². The minimum atomic E-state index is -3.24. The molecule has 6 rings (SSSR count). The van der Waals surface area contributed by atoms with Gasteiger partial charge in [-0.1, -0.05) is 48.5 Å². The van der Waals surface area contributed by atoms with Crippen LogP contribution in [-0.4, -0.2) is 52.1 Å². The maximum Gasteiger partial charge on any atom is 0.273 e. The first-order chi connectivity index (χ1) is 18.7. The van der Waals surface area contributed by atoms with Crippen LogP contribution in [0.5, 0.6) is 11.5 Å². The molecule has 2 atom stereocenters. The van der Waals surface area contributed by atoms with Gasteiger partial charge in [-0.05, 0) is 60.7 Å². The van der Waals surface area contributed by atoms with Crippen molar-refractivity contribution in [3.8, 4) is 22.8 Å². The molecule has 1 aromatic heterocycles. The van der Waals surface area contributed by atoms with E-state index in [1.165, 1.54) is 0 Å². The number of ether oxygens (including phenoxy) is 1. The highest BCUT2D eigenvalue weighted by Gasteiger charge is 2.48. The van der Waals surface area contributed by atoms with Crippen LogP contribution in [-0.2, 0) is 16.4 Å². The lowest BCUT2D eigenvalue weighted by molar-refractivity contribution is 0.0677. The highest BCUT2D eigenvalue weighted by atomic mass is 32.2. The monoisotopic (exact) mass is 543 g/mol. The summed E-state index contributed by atoms with van der Waals surface area (Å²) in [6, 6.07) is 20.0. The predicted octanol–water partition coefficient (Wildman–Crippen LogP) is 4.71. The molecule has 1 amide bonds. The minimum absolute atomic E-state index is 0.0469. The molecule has 1 fully saturated rings. The molecule has 39 heavy (non-hydrogen) atoms. The summed E-state index contributed by atoms with van der Waals surface area (Å²) in [6.07, 6.45) is 0.372. The predicted molar refractivity (Wildman–Crippen MR) is 147 cm³/mol. The number of carbonyl (C=O) groups excluding carboxylic acids is 1. The number of nitrogens with zero attached hydrogens (tertiary/aromatic N) is 2. The summed E-state index contributed by atoms with van der Waals surface area (Å²) in [7, 11) is -3.24. The Labute approximate surface area is 227 Å². The molecule has 0 bridgehead atoms. The quantitative estimate of drug-likeness (QED) is 0.364. The molecular weight excluding hydrogens is 514 g/mol. The van der Waals surface area contributed by atoms with Gasteiger partial charge in [0.2, 0.25) is 0 Å². The number of carbonyl (C=O) groups is 1. The standard InChI is InChI=1S/C30H29N3O5S/c1-18-13-19(2)29(34)24(14-18)26-25-27(32-31-26)30(35)33(22-11-12-39(36,37)17-22)28(25)21-9-6-10-23(15-21)38-16-20-7-4-3-5-8-20/h3-10,13-15,22,28,34H,11-12,16-17H2,1-2H3,(H,31,32). The zero-order chi connectivity index (χ0) is 27.3. The van der Waals surface area contributed by atoms with Gasteiger partial charge in [-0.2, -0.15) is 5.10 Å². The molecule has 2 unspecified atom stereocenters. The fourth-order valence-electron chi connectivity index (χ4n) is 5.73. The van der Waals surface area contributed by atoms with Gasteiger partial charge in [0.1, 0.15) is 29.5 Å². The molecule has 200 valence electrons. The van der Waals surface area contributed by atoms with Crippen LogP contribution >= 0.6 is 0 Å². The van der Waals surface area contributed by atoms with Crippen LogP contribution in [0.2, 0.25) is 0 Å². The molecule has 2 N–H and O–H groups in total. The van der Waals surface area contributed by atoms with E-state index in [1.807, 2.05) is 80.6 Å². The Balaban J connectivity index is 1.46. The molecule has 0 aliphatic carbocycles. The van der Waals surface area contributed by atoms with E-state index >= 15 is 0 Å². The Morgan fingerprint density at radius 2 is 1.87 bits per heavy atom. The smallest absolute Gasteiger partial charge is 0.273 e.